The summed E-state index contributed by atoms with van der Waals surface area (Å²) in [7, 11) is 0. The molecule has 6 aliphatic carbocycles. The van der Waals surface area contributed by atoms with Crippen molar-refractivity contribution >= 4 is 11.8 Å². The number of alkyl halides is 1. The van der Waals surface area contributed by atoms with Crippen LogP contribution in [0.1, 0.15) is 71.6 Å². The van der Waals surface area contributed by atoms with Crippen molar-refractivity contribution in [2.75, 3.05) is 0 Å². The summed E-state index contributed by atoms with van der Waals surface area (Å²) in [4.78, 5) is 24.5. The lowest BCUT2D eigenvalue weighted by molar-refractivity contribution is -0.189. The summed E-state index contributed by atoms with van der Waals surface area (Å²) in [6.07, 6.45) is 8.84. The molecule has 156 valence electrons. The van der Waals surface area contributed by atoms with Crippen molar-refractivity contribution in [2.24, 2.45) is 45.8 Å². The number of hydrogen-bond donors (Lipinski definition) is 0. The first-order valence-corrected chi connectivity index (χ1v) is 11.9. The molecule has 7 aliphatic rings. The number of halogens is 1. The molecule has 0 N–H and O–H groups in total. The van der Waals surface area contributed by atoms with Crippen molar-refractivity contribution in [3.8, 4) is 0 Å². The molecule has 0 bridgehead atoms. The third-order valence-corrected chi connectivity index (χ3v) is 11.1. The SMILES string of the molecule is C[C@]12CCC(=O)C=C1C1(CC1)CC1C2C(F)C[C@@]2(C)C1C1CC1[C@@]21CCC(=O)O1. The molecule has 1 saturated heterocycles. The van der Waals surface area contributed by atoms with Gasteiger partial charge in [0.2, 0.25) is 0 Å². The molecule has 0 amide bonds. The van der Waals surface area contributed by atoms with Crippen LogP contribution in [0.25, 0.3) is 0 Å². The first-order chi connectivity index (χ1) is 13.7. The van der Waals surface area contributed by atoms with Crippen LogP contribution in [0.3, 0.4) is 0 Å². The Balaban J connectivity index is 1.36. The van der Waals surface area contributed by atoms with Crippen LogP contribution in [0.2, 0.25) is 0 Å². The van der Waals surface area contributed by atoms with Crippen molar-refractivity contribution in [1.29, 1.82) is 0 Å². The normalized spacial score (nSPS) is 58.2. The smallest absolute Gasteiger partial charge is 0.306 e. The summed E-state index contributed by atoms with van der Waals surface area (Å²) in [5.41, 5.74) is 0.689. The Morgan fingerprint density at radius 2 is 1.79 bits per heavy atom. The predicted octanol–water partition coefficient (Wildman–Crippen LogP) is 4.79. The highest BCUT2D eigenvalue weighted by atomic mass is 19.1. The second kappa shape index (κ2) is 4.83. The van der Waals surface area contributed by atoms with Crippen LogP contribution < -0.4 is 0 Å². The highest BCUT2D eigenvalue weighted by Crippen LogP contribution is 2.82. The molecule has 3 nitrogen and oxygen atoms in total. The molecule has 4 heteroatoms. The van der Waals surface area contributed by atoms with E-state index in [-0.39, 0.29) is 33.9 Å². The van der Waals surface area contributed by atoms with Gasteiger partial charge in [0.15, 0.2) is 5.78 Å². The second-order valence-corrected chi connectivity index (χ2v) is 12.1. The maximum absolute atomic E-state index is 16.2. The van der Waals surface area contributed by atoms with Crippen LogP contribution in [-0.2, 0) is 14.3 Å². The first kappa shape index (κ1) is 17.5. The van der Waals surface area contributed by atoms with E-state index in [1.807, 2.05) is 6.08 Å². The number of carbonyl (C=O) groups is 2. The van der Waals surface area contributed by atoms with Gasteiger partial charge in [-0.15, -0.1) is 0 Å². The number of rotatable bonds is 0. The monoisotopic (exact) mass is 398 g/mol. The summed E-state index contributed by atoms with van der Waals surface area (Å²) < 4.78 is 22.3. The van der Waals surface area contributed by atoms with E-state index in [1.165, 1.54) is 24.8 Å². The van der Waals surface area contributed by atoms with Crippen LogP contribution in [0, 0.1) is 45.8 Å². The van der Waals surface area contributed by atoms with E-state index in [4.69, 9.17) is 4.74 Å². The summed E-state index contributed by atoms with van der Waals surface area (Å²) in [6, 6.07) is 0. The Hall–Kier alpha value is -1.19. The molecule has 1 aliphatic heterocycles. The molecule has 7 rings (SSSR count). The fourth-order valence-electron chi connectivity index (χ4n) is 10.0. The number of esters is 1. The van der Waals surface area contributed by atoms with Gasteiger partial charge < -0.3 is 4.74 Å². The molecule has 0 aromatic heterocycles. The number of allylic oxidation sites excluding steroid dienone is 1. The quantitative estimate of drug-likeness (QED) is 0.551. The van der Waals surface area contributed by atoms with Gasteiger partial charge in [-0.05, 0) is 79.6 Å². The van der Waals surface area contributed by atoms with E-state index in [1.54, 1.807) is 0 Å². The summed E-state index contributed by atoms with van der Waals surface area (Å²) in [5.74, 6) is 2.13. The van der Waals surface area contributed by atoms with E-state index >= 15 is 4.39 Å². The van der Waals surface area contributed by atoms with Gasteiger partial charge in [0.05, 0.1) is 0 Å². The lowest BCUT2D eigenvalue weighted by atomic mass is 9.42. The molecule has 0 radical (unpaired) electrons. The molecule has 29 heavy (non-hydrogen) atoms. The van der Waals surface area contributed by atoms with Gasteiger partial charge in [-0.1, -0.05) is 19.4 Å². The number of ether oxygens (including phenoxy) is 1. The van der Waals surface area contributed by atoms with E-state index in [0.29, 0.717) is 42.9 Å². The van der Waals surface area contributed by atoms with Gasteiger partial charge in [-0.3, -0.25) is 9.59 Å². The predicted molar refractivity (Wildman–Crippen MR) is 104 cm³/mol. The van der Waals surface area contributed by atoms with Crippen LogP contribution in [0.5, 0.6) is 0 Å². The minimum Gasteiger partial charge on any atom is -0.458 e. The highest BCUT2D eigenvalue weighted by Gasteiger charge is 2.81. The molecule has 6 unspecified atom stereocenters. The molecule has 1 heterocycles. The Bertz CT molecular complexity index is 888. The molecule has 5 saturated carbocycles. The van der Waals surface area contributed by atoms with Gasteiger partial charge in [-0.25, -0.2) is 4.39 Å². The standard InChI is InChI=1S/C25H31FO3/c1-22-5-3-13(27)9-18(22)24(7-8-24)11-15-20-14-10-16(14)25(6-4-19(28)29-25)23(20,2)12-17(26)21(15)22/h9,14-17,20-21H,3-8,10-12H2,1-2H3/t14?,15?,16?,17?,20?,21?,22-,23-,25-/m0/s1. The van der Waals surface area contributed by atoms with E-state index in [9.17, 15) is 9.59 Å². The van der Waals surface area contributed by atoms with Gasteiger partial charge in [0, 0.05) is 30.1 Å². The largest absolute Gasteiger partial charge is 0.458 e. The van der Waals surface area contributed by atoms with Crippen LogP contribution in [-0.4, -0.2) is 23.5 Å². The first-order valence-electron chi connectivity index (χ1n) is 11.9. The van der Waals surface area contributed by atoms with Crippen molar-refractivity contribution in [3.05, 3.63) is 11.6 Å². The fourth-order valence-corrected chi connectivity index (χ4v) is 10.0. The molecule has 2 spiro atoms. The third kappa shape index (κ3) is 1.80. The van der Waals surface area contributed by atoms with Crippen LogP contribution in [0.15, 0.2) is 11.6 Å². The zero-order valence-corrected chi connectivity index (χ0v) is 17.5. The maximum Gasteiger partial charge on any atom is 0.306 e. The minimum absolute atomic E-state index is 0.0275. The molecule has 9 atom stereocenters. The zero-order valence-electron chi connectivity index (χ0n) is 17.5. The topological polar surface area (TPSA) is 43.4 Å². The minimum atomic E-state index is -0.868. The average Bonchev–Trinajstić information content (AvgIpc) is 3.55. The third-order valence-electron chi connectivity index (χ3n) is 11.1. The Labute approximate surface area is 171 Å². The van der Waals surface area contributed by atoms with Gasteiger partial charge in [-0.2, -0.15) is 0 Å². The molecule has 0 aromatic carbocycles. The van der Waals surface area contributed by atoms with Gasteiger partial charge >= 0.3 is 5.97 Å². The summed E-state index contributed by atoms with van der Waals surface area (Å²) >= 11 is 0. The molecule has 0 aromatic rings. The van der Waals surface area contributed by atoms with Crippen molar-refractivity contribution in [3.63, 3.8) is 0 Å². The lowest BCUT2D eigenvalue weighted by Gasteiger charge is -2.62. The fraction of sp³-hybridized carbons (Fsp3) is 0.840. The van der Waals surface area contributed by atoms with Crippen molar-refractivity contribution in [2.45, 2.75) is 83.4 Å². The van der Waals surface area contributed by atoms with Gasteiger partial charge in [0.1, 0.15) is 11.8 Å². The van der Waals surface area contributed by atoms with E-state index in [0.717, 1.165) is 19.3 Å². The summed E-state index contributed by atoms with van der Waals surface area (Å²) in [5, 5.41) is 0. The molecule has 6 fully saturated rings. The van der Waals surface area contributed by atoms with Crippen molar-refractivity contribution < 1.29 is 18.7 Å². The molecular weight excluding hydrogens is 367 g/mol. The number of fused-ring (bicyclic) bond motifs is 10. The zero-order chi connectivity index (χ0) is 20.0. The van der Waals surface area contributed by atoms with Crippen LogP contribution in [0.4, 0.5) is 4.39 Å². The van der Waals surface area contributed by atoms with Crippen LogP contribution >= 0.6 is 0 Å². The average molecular weight is 399 g/mol. The number of ketones is 1. The Morgan fingerprint density at radius 3 is 2.48 bits per heavy atom. The summed E-state index contributed by atoms with van der Waals surface area (Å²) in [6.45, 7) is 4.55. The van der Waals surface area contributed by atoms with E-state index < -0.39 is 11.8 Å². The number of hydrogen-bond acceptors (Lipinski definition) is 3. The number of carbonyl (C=O) groups excluding carboxylic acids is 2. The Morgan fingerprint density at radius 1 is 1.00 bits per heavy atom. The van der Waals surface area contributed by atoms with Gasteiger partial charge in [0.25, 0.3) is 0 Å². The molecular formula is C25H31FO3. The lowest BCUT2D eigenvalue weighted by Crippen LogP contribution is -2.61. The van der Waals surface area contributed by atoms with E-state index in [2.05, 4.69) is 13.8 Å². The van der Waals surface area contributed by atoms with Crippen molar-refractivity contribution in [1.82, 2.24) is 0 Å². The second-order valence-electron chi connectivity index (χ2n) is 12.1. The Kier molecular flexibility index (Phi) is 2.91. The maximum atomic E-state index is 16.2. The highest BCUT2D eigenvalue weighted by molar-refractivity contribution is 5.92.